The van der Waals surface area contributed by atoms with Crippen molar-refractivity contribution in [1.82, 2.24) is 0 Å². The second kappa shape index (κ2) is 10.0. The first-order chi connectivity index (χ1) is 12.9. The molecule has 3 heteroatoms. The number of aryl methyl sites for hydroxylation is 1. The van der Waals surface area contributed by atoms with Crippen LogP contribution in [0.5, 0.6) is 0 Å². The molecule has 2 aromatic carbocycles. The normalized spacial score (nSPS) is 10.9. The van der Waals surface area contributed by atoms with Crippen LogP contribution in [0.25, 0.3) is 0 Å². The number of nitriles is 1. The van der Waals surface area contributed by atoms with Crippen molar-refractivity contribution in [3.8, 4) is 6.07 Å². The van der Waals surface area contributed by atoms with E-state index < -0.39 is 0 Å². The smallest absolute Gasteiger partial charge is 0.0991 e. The Bertz CT molecular complexity index is 744. The lowest BCUT2D eigenvalue weighted by atomic mass is 10.1. The Hall–Kier alpha value is -2.47. The number of hydrogen-bond acceptors (Lipinski definition) is 3. The number of anilines is 3. The molecule has 144 valence electrons. The molecule has 0 aromatic heterocycles. The number of nitrogens with one attached hydrogen (secondary N) is 1. The Balaban J connectivity index is 2.40. The molecule has 0 radical (unpaired) electrons. The van der Waals surface area contributed by atoms with Crippen LogP contribution in [0.4, 0.5) is 17.1 Å². The first kappa shape index (κ1) is 20.8. The summed E-state index contributed by atoms with van der Waals surface area (Å²) >= 11 is 0. The van der Waals surface area contributed by atoms with Crippen LogP contribution >= 0.6 is 0 Å². The number of rotatable bonds is 9. The van der Waals surface area contributed by atoms with E-state index in [1.54, 1.807) is 0 Å². The summed E-state index contributed by atoms with van der Waals surface area (Å²) < 4.78 is 0. The summed E-state index contributed by atoms with van der Waals surface area (Å²) in [4.78, 5) is 2.50. The minimum absolute atomic E-state index is 0.599. The molecule has 2 aromatic rings. The molecule has 0 fully saturated rings. The van der Waals surface area contributed by atoms with Crippen molar-refractivity contribution in [2.75, 3.05) is 23.3 Å². The van der Waals surface area contributed by atoms with E-state index in [2.05, 4.69) is 69.1 Å². The number of hydrogen-bond donors (Lipinski definition) is 1. The fraction of sp³-hybridized carbons (Fsp3) is 0.458. The quantitative estimate of drug-likeness (QED) is 0.562. The predicted octanol–water partition coefficient (Wildman–Crippen LogP) is 6.37. The highest BCUT2D eigenvalue weighted by Crippen LogP contribution is 2.32. The van der Waals surface area contributed by atoms with E-state index in [4.69, 9.17) is 5.26 Å². The van der Waals surface area contributed by atoms with Crippen molar-refractivity contribution in [3.63, 3.8) is 0 Å². The van der Waals surface area contributed by atoms with Gasteiger partial charge < -0.3 is 10.2 Å². The van der Waals surface area contributed by atoms with E-state index in [9.17, 15) is 0 Å². The van der Waals surface area contributed by atoms with Gasteiger partial charge in [0.1, 0.15) is 0 Å². The van der Waals surface area contributed by atoms with Crippen LogP contribution < -0.4 is 10.2 Å². The highest BCUT2D eigenvalue weighted by molar-refractivity contribution is 5.76. The second-order valence-corrected chi connectivity index (χ2v) is 8.11. The molecule has 2 rings (SSSR count). The van der Waals surface area contributed by atoms with Crippen LogP contribution in [0.1, 0.15) is 52.2 Å². The maximum Gasteiger partial charge on any atom is 0.0991 e. The SMILES string of the molecule is CCCc1ccc(N(CC(C)C)CC(C)C)c(Nc2ccc(C#N)cc2)c1. The minimum atomic E-state index is 0.599. The average molecular weight is 364 g/mol. The van der Waals surface area contributed by atoms with Gasteiger partial charge in [0, 0.05) is 18.8 Å². The summed E-state index contributed by atoms with van der Waals surface area (Å²) in [6.07, 6.45) is 2.22. The Morgan fingerprint density at radius 3 is 2.11 bits per heavy atom. The molecule has 0 aliphatic carbocycles. The standard InChI is InChI=1S/C24H33N3/c1-6-7-20-10-13-24(27(16-18(2)3)17-19(4)5)23(14-20)26-22-11-8-21(15-25)9-12-22/h8-14,18-19,26H,6-7,16-17H2,1-5H3. The molecule has 0 aliphatic rings. The summed E-state index contributed by atoms with van der Waals surface area (Å²) in [5.41, 5.74) is 5.44. The summed E-state index contributed by atoms with van der Waals surface area (Å²) in [5, 5.41) is 12.6. The monoisotopic (exact) mass is 363 g/mol. The van der Waals surface area contributed by atoms with Crippen molar-refractivity contribution >= 4 is 17.1 Å². The summed E-state index contributed by atoms with van der Waals surface area (Å²) in [7, 11) is 0. The maximum absolute atomic E-state index is 9.02. The van der Waals surface area contributed by atoms with E-state index in [-0.39, 0.29) is 0 Å². The summed E-state index contributed by atoms with van der Waals surface area (Å²) in [5.74, 6) is 1.20. The fourth-order valence-electron chi connectivity index (χ4n) is 3.34. The minimum Gasteiger partial charge on any atom is -0.369 e. The molecule has 0 amide bonds. The average Bonchev–Trinajstić information content (AvgIpc) is 2.61. The highest BCUT2D eigenvalue weighted by atomic mass is 15.1. The largest absolute Gasteiger partial charge is 0.369 e. The first-order valence-electron chi connectivity index (χ1n) is 10.1. The molecule has 0 unspecified atom stereocenters. The van der Waals surface area contributed by atoms with E-state index in [1.165, 1.54) is 11.3 Å². The lowest BCUT2D eigenvalue weighted by Gasteiger charge is -2.31. The van der Waals surface area contributed by atoms with Crippen LogP contribution in [0.15, 0.2) is 42.5 Å². The van der Waals surface area contributed by atoms with E-state index >= 15 is 0 Å². The van der Waals surface area contributed by atoms with Crippen molar-refractivity contribution in [1.29, 1.82) is 5.26 Å². The van der Waals surface area contributed by atoms with Gasteiger partial charge in [-0.25, -0.2) is 0 Å². The van der Waals surface area contributed by atoms with Gasteiger partial charge in [0.15, 0.2) is 0 Å². The topological polar surface area (TPSA) is 39.1 Å². The molecule has 1 N–H and O–H groups in total. The first-order valence-corrected chi connectivity index (χ1v) is 10.1. The van der Waals surface area contributed by atoms with E-state index in [0.29, 0.717) is 17.4 Å². The highest BCUT2D eigenvalue weighted by Gasteiger charge is 2.15. The third kappa shape index (κ3) is 6.32. The van der Waals surface area contributed by atoms with Crippen molar-refractivity contribution in [3.05, 3.63) is 53.6 Å². The van der Waals surface area contributed by atoms with Crippen LogP contribution in [0, 0.1) is 23.2 Å². The molecule has 0 saturated carbocycles. The fourth-order valence-corrected chi connectivity index (χ4v) is 3.34. The van der Waals surface area contributed by atoms with Crippen molar-refractivity contribution in [2.24, 2.45) is 11.8 Å². The zero-order chi connectivity index (χ0) is 19.8. The molecular weight excluding hydrogens is 330 g/mol. The van der Waals surface area contributed by atoms with E-state index in [0.717, 1.165) is 37.3 Å². The van der Waals surface area contributed by atoms with Crippen LogP contribution in [-0.2, 0) is 6.42 Å². The van der Waals surface area contributed by atoms with Gasteiger partial charge in [-0.15, -0.1) is 0 Å². The predicted molar refractivity (Wildman–Crippen MR) is 117 cm³/mol. The van der Waals surface area contributed by atoms with Gasteiger partial charge in [-0.2, -0.15) is 5.26 Å². The molecule has 0 saturated heterocycles. The van der Waals surface area contributed by atoms with Gasteiger partial charge in [0.05, 0.1) is 23.0 Å². The summed E-state index contributed by atoms with van der Waals surface area (Å²) in [6, 6.07) is 16.7. The number of benzene rings is 2. The molecule has 0 atom stereocenters. The molecule has 0 aliphatic heterocycles. The Labute approximate surface area is 165 Å². The Kier molecular flexibility index (Phi) is 7.73. The third-order valence-corrected chi connectivity index (χ3v) is 4.40. The van der Waals surface area contributed by atoms with Crippen LogP contribution in [-0.4, -0.2) is 13.1 Å². The van der Waals surface area contributed by atoms with Crippen LogP contribution in [0.2, 0.25) is 0 Å². The molecule has 27 heavy (non-hydrogen) atoms. The molecule has 0 bridgehead atoms. The molecule has 3 nitrogen and oxygen atoms in total. The van der Waals surface area contributed by atoms with Gasteiger partial charge in [-0.3, -0.25) is 0 Å². The van der Waals surface area contributed by atoms with Crippen molar-refractivity contribution < 1.29 is 0 Å². The second-order valence-electron chi connectivity index (χ2n) is 8.11. The van der Waals surface area contributed by atoms with Gasteiger partial charge in [0.2, 0.25) is 0 Å². The lowest BCUT2D eigenvalue weighted by Crippen LogP contribution is -2.31. The summed E-state index contributed by atoms with van der Waals surface area (Å²) in [6.45, 7) is 13.4. The zero-order valence-corrected chi connectivity index (χ0v) is 17.4. The van der Waals surface area contributed by atoms with Gasteiger partial charge in [-0.05, 0) is 60.2 Å². The number of nitrogens with zero attached hydrogens (tertiary/aromatic N) is 2. The van der Waals surface area contributed by atoms with Crippen LogP contribution in [0.3, 0.4) is 0 Å². The Morgan fingerprint density at radius 1 is 0.963 bits per heavy atom. The van der Waals surface area contributed by atoms with Gasteiger partial charge in [0.25, 0.3) is 0 Å². The van der Waals surface area contributed by atoms with Gasteiger partial charge >= 0.3 is 0 Å². The maximum atomic E-state index is 9.02. The molecular formula is C24H33N3. The lowest BCUT2D eigenvalue weighted by molar-refractivity contribution is 0.553. The zero-order valence-electron chi connectivity index (χ0n) is 17.4. The molecule has 0 heterocycles. The van der Waals surface area contributed by atoms with E-state index in [1.807, 2.05) is 24.3 Å². The van der Waals surface area contributed by atoms with Crippen molar-refractivity contribution in [2.45, 2.75) is 47.5 Å². The third-order valence-electron chi connectivity index (χ3n) is 4.40. The van der Waals surface area contributed by atoms with Gasteiger partial charge in [-0.1, -0.05) is 47.1 Å². The Morgan fingerprint density at radius 2 is 1.59 bits per heavy atom. The molecule has 0 spiro atoms.